The number of hydrogen-bond donors (Lipinski definition) is 2. The van der Waals surface area contributed by atoms with Crippen molar-refractivity contribution in [3.63, 3.8) is 0 Å². The van der Waals surface area contributed by atoms with Crippen LogP contribution >= 0.6 is 0 Å². The summed E-state index contributed by atoms with van der Waals surface area (Å²) in [5.41, 5.74) is 6.19. The third kappa shape index (κ3) is 6.83. The van der Waals surface area contributed by atoms with E-state index in [1.54, 1.807) is 0 Å². The van der Waals surface area contributed by atoms with Gasteiger partial charge in [0.05, 0.1) is 0 Å². The van der Waals surface area contributed by atoms with Crippen LogP contribution in [-0.4, -0.2) is 18.5 Å². The number of amides is 1. The summed E-state index contributed by atoms with van der Waals surface area (Å²) in [5.74, 6) is 0.542. The first-order chi connectivity index (χ1) is 7.13. The second-order valence-electron chi connectivity index (χ2n) is 6.30. The fraction of sp³-hybridized carbons (Fsp3) is 0.923. The topological polar surface area (TPSA) is 55.1 Å². The standard InChI is InChI=1S/C13H28N2O/c1-9(2)10(3)12(16)15-8-11(14)7-13(4,5)6/h9-11H,7-8,14H2,1-6H3,(H,15,16). The molecule has 2 atom stereocenters. The Morgan fingerprint density at radius 1 is 1.25 bits per heavy atom. The Morgan fingerprint density at radius 3 is 2.12 bits per heavy atom. The predicted octanol–water partition coefficient (Wildman–Crippen LogP) is 2.16. The predicted molar refractivity (Wildman–Crippen MR) is 69.1 cm³/mol. The first-order valence-electron chi connectivity index (χ1n) is 6.17. The number of nitrogens with one attached hydrogen (secondary N) is 1. The molecule has 0 saturated heterocycles. The highest BCUT2D eigenvalue weighted by molar-refractivity contribution is 5.78. The molecule has 0 saturated carbocycles. The molecule has 96 valence electrons. The molecule has 0 aliphatic rings. The maximum Gasteiger partial charge on any atom is 0.223 e. The van der Waals surface area contributed by atoms with Gasteiger partial charge < -0.3 is 11.1 Å². The molecule has 0 fully saturated rings. The lowest BCUT2D eigenvalue weighted by atomic mass is 9.88. The minimum Gasteiger partial charge on any atom is -0.354 e. The van der Waals surface area contributed by atoms with Crippen LogP contribution in [0, 0.1) is 17.3 Å². The van der Waals surface area contributed by atoms with E-state index in [1.165, 1.54) is 0 Å². The Morgan fingerprint density at radius 2 is 1.75 bits per heavy atom. The van der Waals surface area contributed by atoms with Crippen LogP contribution in [0.4, 0.5) is 0 Å². The van der Waals surface area contributed by atoms with Crippen LogP contribution in [0.2, 0.25) is 0 Å². The van der Waals surface area contributed by atoms with E-state index in [9.17, 15) is 4.79 Å². The van der Waals surface area contributed by atoms with Gasteiger partial charge in [0.25, 0.3) is 0 Å². The van der Waals surface area contributed by atoms with E-state index in [2.05, 4.69) is 39.9 Å². The van der Waals surface area contributed by atoms with Gasteiger partial charge in [-0.1, -0.05) is 41.5 Å². The molecule has 3 N–H and O–H groups in total. The Kier molecular flexibility index (Phi) is 6.01. The molecular formula is C13H28N2O. The SMILES string of the molecule is CC(C)C(C)C(=O)NCC(N)CC(C)(C)C. The second kappa shape index (κ2) is 6.24. The molecule has 2 unspecified atom stereocenters. The van der Waals surface area contributed by atoms with E-state index in [-0.39, 0.29) is 23.3 Å². The maximum atomic E-state index is 11.7. The average Bonchev–Trinajstić information content (AvgIpc) is 2.09. The molecule has 0 rings (SSSR count). The molecule has 0 aliphatic carbocycles. The highest BCUT2D eigenvalue weighted by atomic mass is 16.1. The van der Waals surface area contributed by atoms with Gasteiger partial charge in [-0.25, -0.2) is 0 Å². The number of hydrogen-bond acceptors (Lipinski definition) is 2. The van der Waals surface area contributed by atoms with E-state index in [0.717, 1.165) is 6.42 Å². The summed E-state index contributed by atoms with van der Waals surface area (Å²) in [5, 5.41) is 2.92. The van der Waals surface area contributed by atoms with Gasteiger partial charge in [-0.15, -0.1) is 0 Å². The van der Waals surface area contributed by atoms with Crippen molar-refractivity contribution in [1.29, 1.82) is 0 Å². The normalized spacial score (nSPS) is 16.0. The zero-order valence-corrected chi connectivity index (χ0v) is 11.6. The van der Waals surface area contributed by atoms with Crippen molar-refractivity contribution >= 4 is 5.91 Å². The van der Waals surface area contributed by atoms with E-state index >= 15 is 0 Å². The van der Waals surface area contributed by atoms with Crippen LogP contribution in [0.25, 0.3) is 0 Å². The molecule has 1 amide bonds. The summed E-state index contributed by atoms with van der Waals surface area (Å²) in [6.07, 6.45) is 0.920. The van der Waals surface area contributed by atoms with Crippen molar-refractivity contribution in [1.82, 2.24) is 5.32 Å². The van der Waals surface area contributed by atoms with Gasteiger partial charge in [-0.2, -0.15) is 0 Å². The molecule has 0 aromatic rings. The zero-order chi connectivity index (χ0) is 12.9. The first kappa shape index (κ1) is 15.4. The quantitative estimate of drug-likeness (QED) is 0.757. The molecule has 0 aliphatic heterocycles. The van der Waals surface area contributed by atoms with Gasteiger partial charge >= 0.3 is 0 Å². The van der Waals surface area contributed by atoms with E-state index in [1.807, 2.05) is 6.92 Å². The minimum atomic E-state index is 0.0447. The molecule has 3 nitrogen and oxygen atoms in total. The molecule has 16 heavy (non-hydrogen) atoms. The van der Waals surface area contributed by atoms with Gasteiger partial charge in [0.2, 0.25) is 5.91 Å². The van der Waals surface area contributed by atoms with Crippen LogP contribution in [-0.2, 0) is 4.79 Å². The molecule has 0 heterocycles. The summed E-state index contributed by atoms with van der Waals surface area (Å²) in [7, 11) is 0. The van der Waals surface area contributed by atoms with E-state index < -0.39 is 0 Å². The van der Waals surface area contributed by atoms with Crippen molar-refractivity contribution in [3.8, 4) is 0 Å². The highest BCUT2D eigenvalue weighted by Crippen LogP contribution is 2.19. The summed E-state index contributed by atoms with van der Waals surface area (Å²) < 4.78 is 0. The Hall–Kier alpha value is -0.570. The van der Waals surface area contributed by atoms with Crippen LogP contribution in [0.5, 0.6) is 0 Å². The smallest absolute Gasteiger partial charge is 0.223 e. The molecule has 0 radical (unpaired) electrons. The third-order valence-electron chi connectivity index (χ3n) is 2.83. The van der Waals surface area contributed by atoms with Crippen LogP contribution in [0.3, 0.4) is 0 Å². The highest BCUT2D eigenvalue weighted by Gasteiger charge is 2.19. The van der Waals surface area contributed by atoms with Crippen molar-refractivity contribution in [3.05, 3.63) is 0 Å². The molecule has 0 aromatic carbocycles. The van der Waals surface area contributed by atoms with Crippen LogP contribution in [0.1, 0.15) is 48.0 Å². The Labute approximate surface area is 100 Å². The summed E-state index contributed by atoms with van der Waals surface area (Å²) >= 11 is 0. The number of nitrogens with two attached hydrogens (primary N) is 1. The van der Waals surface area contributed by atoms with E-state index in [4.69, 9.17) is 5.73 Å². The van der Waals surface area contributed by atoms with E-state index in [0.29, 0.717) is 12.5 Å². The number of carbonyl (C=O) groups excluding carboxylic acids is 1. The lowest BCUT2D eigenvalue weighted by Crippen LogP contribution is -2.42. The second-order valence-corrected chi connectivity index (χ2v) is 6.30. The molecule has 0 spiro atoms. The average molecular weight is 228 g/mol. The summed E-state index contributed by atoms with van der Waals surface area (Å²) in [6.45, 7) is 13.1. The molecule has 0 aromatic heterocycles. The van der Waals surface area contributed by atoms with Gasteiger partial charge in [0.15, 0.2) is 0 Å². The maximum absolute atomic E-state index is 11.7. The Bertz CT molecular complexity index is 218. The fourth-order valence-corrected chi connectivity index (χ4v) is 1.55. The lowest BCUT2D eigenvalue weighted by Gasteiger charge is -2.24. The third-order valence-corrected chi connectivity index (χ3v) is 2.83. The molecule has 0 bridgehead atoms. The molecule has 3 heteroatoms. The number of rotatable bonds is 5. The zero-order valence-electron chi connectivity index (χ0n) is 11.6. The fourth-order valence-electron chi connectivity index (χ4n) is 1.55. The lowest BCUT2D eigenvalue weighted by molar-refractivity contribution is -0.125. The van der Waals surface area contributed by atoms with Gasteiger partial charge in [0, 0.05) is 18.5 Å². The summed E-state index contributed by atoms with van der Waals surface area (Å²) in [6, 6.07) is 0.0447. The van der Waals surface area contributed by atoms with Gasteiger partial charge in [0.1, 0.15) is 0 Å². The van der Waals surface area contributed by atoms with Crippen molar-refractivity contribution in [2.24, 2.45) is 23.0 Å². The van der Waals surface area contributed by atoms with Crippen LogP contribution < -0.4 is 11.1 Å². The van der Waals surface area contributed by atoms with Gasteiger partial charge in [-0.05, 0) is 17.8 Å². The summed E-state index contributed by atoms with van der Waals surface area (Å²) in [4.78, 5) is 11.7. The minimum absolute atomic E-state index is 0.0447. The van der Waals surface area contributed by atoms with Crippen molar-refractivity contribution in [2.45, 2.75) is 54.0 Å². The van der Waals surface area contributed by atoms with Crippen molar-refractivity contribution in [2.75, 3.05) is 6.54 Å². The van der Waals surface area contributed by atoms with Crippen LogP contribution in [0.15, 0.2) is 0 Å². The first-order valence-corrected chi connectivity index (χ1v) is 6.17. The number of carbonyl (C=O) groups is 1. The van der Waals surface area contributed by atoms with Crippen molar-refractivity contribution < 1.29 is 4.79 Å². The largest absolute Gasteiger partial charge is 0.354 e. The Balaban J connectivity index is 3.93. The van der Waals surface area contributed by atoms with Gasteiger partial charge in [-0.3, -0.25) is 4.79 Å². The molecular weight excluding hydrogens is 200 g/mol. The monoisotopic (exact) mass is 228 g/mol.